The molecule has 0 spiro atoms. The van der Waals surface area contributed by atoms with Crippen LogP contribution in [0, 0.1) is 0 Å². The first-order valence-electron chi connectivity index (χ1n) is 12.4. The van der Waals surface area contributed by atoms with Gasteiger partial charge in [0.15, 0.2) is 17.3 Å². The molecule has 11 nitrogen and oxygen atoms in total. The molecular weight excluding hydrogens is 488 g/mol. The zero-order valence-corrected chi connectivity index (χ0v) is 22.4. The highest BCUT2D eigenvalue weighted by Gasteiger charge is 2.26. The van der Waals surface area contributed by atoms with Crippen molar-refractivity contribution in [3.63, 3.8) is 0 Å². The van der Waals surface area contributed by atoms with Crippen LogP contribution in [0.15, 0.2) is 47.3 Å². The van der Waals surface area contributed by atoms with E-state index in [1.807, 2.05) is 36.4 Å². The summed E-state index contributed by atoms with van der Waals surface area (Å²) >= 11 is 0. The Hall–Kier alpha value is -3.96. The highest BCUT2D eigenvalue weighted by atomic mass is 16.5. The van der Waals surface area contributed by atoms with E-state index in [9.17, 15) is 4.79 Å². The number of tetrazole rings is 1. The van der Waals surface area contributed by atoms with Gasteiger partial charge >= 0.3 is 0 Å². The summed E-state index contributed by atoms with van der Waals surface area (Å²) in [6.45, 7) is 4.06. The number of ether oxygens (including phenoxy) is 4. The molecule has 1 unspecified atom stereocenters. The molecule has 1 atom stereocenters. The molecule has 202 valence electrons. The number of methoxy groups -OCH3 is 4. The third-order valence-electron chi connectivity index (χ3n) is 6.54. The molecule has 0 aliphatic carbocycles. The maximum Gasteiger partial charge on any atom is 0.252 e. The van der Waals surface area contributed by atoms with Crippen molar-refractivity contribution in [1.29, 1.82) is 0 Å². The van der Waals surface area contributed by atoms with Gasteiger partial charge in [0.1, 0.15) is 5.75 Å². The van der Waals surface area contributed by atoms with Crippen LogP contribution in [0.3, 0.4) is 0 Å². The molecule has 11 heteroatoms. The van der Waals surface area contributed by atoms with Crippen molar-refractivity contribution in [2.24, 2.45) is 0 Å². The molecule has 0 saturated carbocycles. The fourth-order valence-corrected chi connectivity index (χ4v) is 4.55. The monoisotopic (exact) mass is 522 g/mol. The standard InChI is InChI=1S/C27H34N6O5/c1-6-23(26-29-30-31-33(26)11-12-35-2)32(16-18-7-9-21(36-3)10-8-18)17-20-13-19-14-24(37-4)25(38-5)15-22(19)28-27(20)34/h7-10,13-15,23H,6,11-12,16-17H2,1-5H3,(H,28,34). The molecule has 0 aliphatic rings. The Morgan fingerprint density at radius 3 is 2.37 bits per heavy atom. The third kappa shape index (κ3) is 5.95. The Morgan fingerprint density at radius 1 is 0.974 bits per heavy atom. The van der Waals surface area contributed by atoms with E-state index in [1.54, 1.807) is 39.2 Å². The summed E-state index contributed by atoms with van der Waals surface area (Å²) in [5.41, 5.74) is 2.20. The van der Waals surface area contributed by atoms with Crippen molar-refractivity contribution in [2.75, 3.05) is 35.0 Å². The van der Waals surface area contributed by atoms with E-state index in [-0.39, 0.29) is 11.6 Å². The highest BCUT2D eigenvalue weighted by Crippen LogP contribution is 2.32. The summed E-state index contributed by atoms with van der Waals surface area (Å²) < 4.78 is 23.2. The number of nitrogens with one attached hydrogen (secondary N) is 1. The minimum Gasteiger partial charge on any atom is -0.497 e. The number of aromatic amines is 1. The number of pyridine rings is 1. The van der Waals surface area contributed by atoms with Crippen LogP contribution in [0.1, 0.15) is 36.3 Å². The molecule has 4 aromatic rings. The Kier molecular flexibility index (Phi) is 8.93. The van der Waals surface area contributed by atoms with Gasteiger partial charge in [-0.05, 0) is 46.7 Å². The number of benzene rings is 2. The largest absolute Gasteiger partial charge is 0.497 e. The Bertz CT molecular complexity index is 1400. The van der Waals surface area contributed by atoms with Gasteiger partial charge in [-0.1, -0.05) is 19.1 Å². The average molecular weight is 523 g/mol. The molecule has 2 aromatic heterocycles. The van der Waals surface area contributed by atoms with Crippen LogP contribution in [0.25, 0.3) is 10.9 Å². The Labute approximate surface area is 221 Å². The second-order valence-electron chi connectivity index (χ2n) is 8.85. The number of aromatic nitrogens is 5. The highest BCUT2D eigenvalue weighted by molar-refractivity contribution is 5.83. The molecule has 0 bridgehead atoms. The third-order valence-corrected chi connectivity index (χ3v) is 6.54. The molecule has 0 fully saturated rings. The molecule has 0 amide bonds. The van der Waals surface area contributed by atoms with E-state index >= 15 is 0 Å². The van der Waals surface area contributed by atoms with Crippen molar-refractivity contribution in [1.82, 2.24) is 30.1 Å². The summed E-state index contributed by atoms with van der Waals surface area (Å²) in [5.74, 6) is 2.66. The van der Waals surface area contributed by atoms with E-state index in [4.69, 9.17) is 18.9 Å². The van der Waals surface area contributed by atoms with Crippen LogP contribution in [0.2, 0.25) is 0 Å². The van der Waals surface area contributed by atoms with E-state index < -0.39 is 0 Å². The van der Waals surface area contributed by atoms with Gasteiger partial charge in [-0.15, -0.1) is 5.10 Å². The summed E-state index contributed by atoms with van der Waals surface area (Å²) in [6, 6.07) is 13.3. The predicted octanol–water partition coefficient (Wildman–Crippen LogP) is 3.34. The normalized spacial score (nSPS) is 12.2. The lowest BCUT2D eigenvalue weighted by Crippen LogP contribution is -2.32. The lowest BCUT2D eigenvalue weighted by molar-refractivity contribution is 0.151. The number of rotatable bonds is 13. The molecule has 2 aromatic carbocycles. The average Bonchev–Trinajstić information content (AvgIpc) is 3.40. The smallest absolute Gasteiger partial charge is 0.252 e. The quantitative estimate of drug-likeness (QED) is 0.282. The second kappa shape index (κ2) is 12.5. The zero-order chi connectivity index (χ0) is 27.1. The second-order valence-corrected chi connectivity index (χ2v) is 8.85. The fourth-order valence-electron chi connectivity index (χ4n) is 4.55. The first-order valence-corrected chi connectivity index (χ1v) is 12.4. The van der Waals surface area contributed by atoms with Crippen LogP contribution in [0.4, 0.5) is 0 Å². The molecular formula is C27H34N6O5. The van der Waals surface area contributed by atoms with Gasteiger partial charge in [-0.2, -0.15) is 0 Å². The van der Waals surface area contributed by atoms with Crippen LogP contribution in [0.5, 0.6) is 17.2 Å². The summed E-state index contributed by atoms with van der Waals surface area (Å²) in [7, 11) is 6.45. The maximum absolute atomic E-state index is 13.2. The van der Waals surface area contributed by atoms with Crippen LogP contribution in [-0.2, 0) is 24.4 Å². The molecule has 0 saturated heterocycles. The van der Waals surface area contributed by atoms with Crippen LogP contribution < -0.4 is 19.8 Å². The van der Waals surface area contributed by atoms with Crippen LogP contribution >= 0.6 is 0 Å². The number of hydrogen-bond donors (Lipinski definition) is 1. The van der Waals surface area contributed by atoms with Gasteiger partial charge in [-0.25, -0.2) is 4.68 Å². The van der Waals surface area contributed by atoms with Gasteiger partial charge in [-0.3, -0.25) is 9.69 Å². The number of fused-ring (bicyclic) bond motifs is 1. The van der Waals surface area contributed by atoms with Gasteiger partial charge in [0.05, 0.1) is 46.0 Å². The summed E-state index contributed by atoms with van der Waals surface area (Å²) in [5, 5.41) is 13.3. The SMILES string of the molecule is CCC(c1nnnn1CCOC)N(Cc1ccc(OC)cc1)Cc1cc2cc(OC)c(OC)cc2[nH]c1=O. The van der Waals surface area contributed by atoms with Crippen LogP contribution in [-0.4, -0.2) is 65.1 Å². The lowest BCUT2D eigenvalue weighted by atomic mass is 10.1. The molecule has 38 heavy (non-hydrogen) atoms. The van der Waals surface area contributed by atoms with Gasteiger partial charge in [0.25, 0.3) is 5.56 Å². The molecule has 4 rings (SSSR count). The van der Waals surface area contributed by atoms with Gasteiger partial charge in [0, 0.05) is 37.2 Å². The van der Waals surface area contributed by atoms with Crippen molar-refractivity contribution < 1.29 is 18.9 Å². The number of hydrogen-bond acceptors (Lipinski definition) is 9. The van der Waals surface area contributed by atoms with E-state index in [2.05, 4.69) is 32.3 Å². The predicted molar refractivity (Wildman–Crippen MR) is 143 cm³/mol. The zero-order valence-electron chi connectivity index (χ0n) is 22.4. The number of nitrogens with zero attached hydrogens (tertiary/aromatic N) is 5. The van der Waals surface area contributed by atoms with Gasteiger partial charge < -0.3 is 23.9 Å². The fraction of sp³-hybridized carbons (Fsp3) is 0.407. The number of H-pyrrole nitrogens is 1. The molecule has 2 heterocycles. The van der Waals surface area contributed by atoms with E-state index in [0.29, 0.717) is 48.8 Å². The van der Waals surface area contributed by atoms with E-state index in [0.717, 1.165) is 28.9 Å². The lowest BCUT2D eigenvalue weighted by Gasteiger charge is -2.30. The van der Waals surface area contributed by atoms with Crippen molar-refractivity contribution in [2.45, 2.75) is 39.0 Å². The Balaban J connectivity index is 1.74. The summed E-state index contributed by atoms with van der Waals surface area (Å²) in [4.78, 5) is 18.5. The van der Waals surface area contributed by atoms with E-state index in [1.165, 1.54) is 0 Å². The maximum atomic E-state index is 13.2. The van der Waals surface area contributed by atoms with Crippen molar-refractivity contribution in [3.8, 4) is 17.2 Å². The minimum absolute atomic E-state index is 0.149. The summed E-state index contributed by atoms with van der Waals surface area (Å²) in [6.07, 6.45) is 0.736. The topological polar surface area (TPSA) is 117 Å². The minimum atomic E-state index is -0.168. The molecule has 0 radical (unpaired) electrons. The first-order chi connectivity index (χ1) is 18.5. The van der Waals surface area contributed by atoms with Crippen molar-refractivity contribution in [3.05, 3.63) is 69.8 Å². The van der Waals surface area contributed by atoms with Gasteiger partial charge in [0.2, 0.25) is 0 Å². The first kappa shape index (κ1) is 27.1. The van der Waals surface area contributed by atoms with Crippen molar-refractivity contribution >= 4 is 10.9 Å². The molecule has 0 aliphatic heterocycles. The Morgan fingerprint density at radius 2 is 1.71 bits per heavy atom. The molecule has 1 N–H and O–H groups in total.